The van der Waals surface area contributed by atoms with E-state index < -0.39 is 10.0 Å². The highest BCUT2D eigenvalue weighted by atomic mass is 32.2. The summed E-state index contributed by atoms with van der Waals surface area (Å²) in [5.41, 5.74) is 0. The summed E-state index contributed by atoms with van der Waals surface area (Å²) in [5, 5.41) is 0. The summed E-state index contributed by atoms with van der Waals surface area (Å²) < 4.78 is 30.5. The van der Waals surface area contributed by atoms with Crippen LogP contribution in [0.5, 0.6) is 0 Å². The molecule has 0 aromatic rings. The lowest BCUT2D eigenvalue weighted by atomic mass is 10.2. The van der Waals surface area contributed by atoms with Crippen molar-refractivity contribution in [1.29, 1.82) is 0 Å². The zero-order valence-electron chi connectivity index (χ0n) is 9.32. The van der Waals surface area contributed by atoms with Gasteiger partial charge in [0.15, 0.2) is 0 Å². The van der Waals surface area contributed by atoms with E-state index in [0.717, 1.165) is 0 Å². The minimum absolute atomic E-state index is 0.0120. The van der Waals surface area contributed by atoms with Crippen molar-refractivity contribution in [2.45, 2.75) is 32.7 Å². The Labute approximate surface area is 92.4 Å². The minimum Gasteiger partial charge on any atom is -0.381 e. The number of sulfonamides is 1. The molecule has 0 rings (SSSR count). The number of rotatable bonds is 8. The Morgan fingerprint density at radius 2 is 2.13 bits per heavy atom. The summed E-state index contributed by atoms with van der Waals surface area (Å²) in [5.74, 6) is 2.44. The molecule has 0 radical (unpaired) electrons. The van der Waals surface area contributed by atoms with Gasteiger partial charge in [-0.15, -0.1) is 12.3 Å². The molecule has 1 atom stereocenters. The first kappa shape index (κ1) is 14.4. The fourth-order valence-corrected chi connectivity index (χ4v) is 2.25. The third-order valence-electron chi connectivity index (χ3n) is 1.90. The van der Waals surface area contributed by atoms with E-state index in [4.69, 9.17) is 11.2 Å². The highest BCUT2D eigenvalue weighted by Gasteiger charge is 2.15. The number of hydrogen-bond donors (Lipinski definition) is 1. The largest absolute Gasteiger partial charge is 0.381 e. The van der Waals surface area contributed by atoms with Crippen molar-refractivity contribution in [3.05, 3.63) is 0 Å². The van der Waals surface area contributed by atoms with Gasteiger partial charge < -0.3 is 4.74 Å². The van der Waals surface area contributed by atoms with Gasteiger partial charge in [-0.05, 0) is 13.3 Å². The Morgan fingerprint density at radius 1 is 1.47 bits per heavy atom. The van der Waals surface area contributed by atoms with Gasteiger partial charge in [-0.25, -0.2) is 13.1 Å². The molecule has 0 fully saturated rings. The van der Waals surface area contributed by atoms with E-state index in [1.807, 2.05) is 13.8 Å². The van der Waals surface area contributed by atoms with Gasteiger partial charge in [0.25, 0.3) is 0 Å². The molecule has 0 spiro atoms. The zero-order valence-corrected chi connectivity index (χ0v) is 10.1. The fraction of sp³-hybridized carbons (Fsp3) is 0.800. The van der Waals surface area contributed by atoms with Gasteiger partial charge in [0.1, 0.15) is 0 Å². The topological polar surface area (TPSA) is 55.4 Å². The van der Waals surface area contributed by atoms with Crippen LogP contribution in [0, 0.1) is 12.3 Å². The van der Waals surface area contributed by atoms with Crippen molar-refractivity contribution in [2.24, 2.45) is 0 Å². The Balaban J connectivity index is 4.06. The van der Waals surface area contributed by atoms with Crippen molar-refractivity contribution in [3.63, 3.8) is 0 Å². The summed E-state index contributed by atoms with van der Waals surface area (Å²) >= 11 is 0. The lowest BCUT2D eigenvalue weighted by Gasteiger charge is -2.14. The second-order valence-electron chi connectivity index (χ2n) is 3.15. The van der Waals surface area contributed by atoms with Crippen LogP contribution in [0.25, 0.3) is 0 Å². The molecule has 0 bridgehead atoms. The van der Waals surface area contributed by atoms with E-state index in [2.05, 4.69) is 10.6 Å². The van der Waals surface area contributed by atoms with Crippen molar-refractivity contribution >= 4 is 10.0 Å². The summed E-state index contributed by atoms with van der Waals surface area (Å²) in [6, 6.07) is -0.165. The SMILES string of the molecule is C#CCC(CC)NS(=O)(=O)CCOCC. The highest BCUT2D eigenvalue weighted by Crippen LogP contribution is 1.99. The number of ether oxygens (including phenoxy) is 1. The molecular formula is C10H19NO3S. The maximum atomic E-state index is 11.5. The summed E-state index contributed by atoms with van der Waals surface area (Å²) in [6.45, 7) is 4.47. The monoisotopic (exact) mass is 233 g/mol. The van der Waals surface area contributed by atoms with E-state index in [1.54, 1.807) is 0 Å². The predicted octanol–water partition coefficient (Wildman–Crippen LogP) is 0.744. The normalized spacial score (nSPS) is 13.4. The van der Waals surface area contributed by atoms with Crippen LogP contribution < -0.4 is 4.72 Å². The molecule has 88 valence electrons. The Morgan fingerprint density at radius 3 is 2.60 bits per heavy atom. The molecule has 5 heteroatoms. The average Bonchev–Trinajstić information content (AvgIpc) is 2.17. The van der Waals surface area contributed by atoms with Gasteiger partial charge in [-0.1, -0.05) is 6.92 Å². The summed E-state index contributed by atoms with van der Waals surface area (Å²) in [7, 11) is -3.26. The van der Waals surface area contributed by atoms with E-state index in [-0.39, 0.29) is 18.4 Å². The maximum Gasteiger partial charge on any atom is 0.214 e. The lowest BCUT2D eigenvalue weighted by Crippen LogP contribution is -2.36. The molecule has 0 amide bonds. The smallest absolute Gasteiger partial charge is 0.214 e. The lowest BCUT2D eigenvalue weighted by molar-refractivity contribution is 0.163. The van der Waals surface area contributed by atoms with Gasteiger partial charge in [0.05, 0.1) is 12.4 Å². The van der Waals surface area contributed by atoms with E-state index >= 15 is 0 Å². The van der Waals surface area contributed by atoms with Crippen molar-refractivity contribution in [1.82, 2.24) is 4.72 Å². The Hall–Kier alpha value is -0.570. The van der Waals surface area contributed by atoms with Crippen LogP contribution in [0.4, 0.5) is 0 Å². The van der Waals surface area contributed by atoms with Gasteiger partial charge in [0.2, 0.25) is 10.0 Å². The molecule has 0 aromatic heterocycles. The molecule has 0 saturated heterocycles. The molecule has 1 unspecified atom stereocenters. The molecule has 0 heterocycles. The average molecular weight is 233 g/mol. The molecule has 1 N–H and O–H groups in total. The van der Waals surface area contributed by atoms with Crippen LogP contribution >= 0.6 is 0 Å². The molecule has 0 aliphatic heterocycles. The van der Waals surface area contributed by atoms with Crippen molar-refractivity contribution in [2.75, 3.05) is 19.0 Å². The molecule has 0 aliphatic carbocycles. The molecule has 0 aliphatic rings. The predicted molar refractivity (Wildman–Crippen MR) is 60.9 cm³/mol. The third-order valence-corrected chi connectivity index (χ3v) is 3.30. The van der Waals surface area contributed by atoms with E-state index in [1.165, 1.54) is 0 Å². The van der Waals surface area contributed by atoms with E-state index in [9.17, 15) is 8.42 Å². The second kappa shape index (κ2) is 7.69. The molecule has 0 saturated carbocycles. The first-order chi connectivity index (χ1) is 7.05. The van der Waals surface area contributed by atoms with Crippen LogP contribution in [0.15, 0.2) is 0 Å². The Bertz CT molecular complexity index is 292. The summed E-state index contributed by atoms with van der Waals surface area (Å²) in [4.78, 5) is 0. The van der Waals surface area contributed by atoms with Gasteiger partial charge in [-0.2, -0.15) is 0 Å². The van der Waals surface area contributed by atoms with Crippen LogP contribution in [0.1, 0.15) is 26.7 Å². The third kappa shape index (κ3) is 7.37. The highest BCUT2D eigenvalue weighted by molar-refractivity contribution is 7.89. The van der Waals surface area contributed by atoms with Crippen LogP contribution in [0.3, 0.4) is 0 Å². The minimum atomic E-state index is -3.26. The molecular weight excluding hydrogens is 214 g/mol. The van der Waals surface area contributed by atoms with Crippen LogP contribution in [-0.2, 0) is 14.8 Å². The molecule has 4 nitrogen and oxygen atoms in total. The van der Waals surface area contributed by atoms with Gasteiger partial charge in [-0.3, -0.25) is 0 Å². The molecule has 0 aromatic carbocycles. The van der Waals surface area contributed by atoms with Crippen molar-refractivity contribution < 1.29 is 13.2 Å². The molecule has 15 heavy (non-hydrogen) atoms. The fourth-order valence-electron chi connectivity index (χ4n) is 1.04. The van der Waals surface area contributed by atoms with Gasteiger partial charge in [0, 0.05) is 19.1 Å². The van der Waals surface area contributed by atoms with Crippen LogP contribution in [0.2, 0.25) is 0 Å². The quantitative estimate of drug-likeness (QED) is 0.497. The standard InChI is InChI=1S/C10H19NO3S/c1-4-7-10(5-2)11-15(12,13)9-8-14-6-3/h1,10-11H,5-9H2,2-3H3. The van der Waals surface area contributed by atoms with E-state index in [0.29, 0.717) is 19.4 Å². The van der Waals surface area contributed by atoms with Gasteiger partial charge >= 0.3 is 0 Å². The number of nitrogens with one attached hydrogen (secondary N) is 1. The first-order valence-electron chi connectivity index (χ1n) is 5.07. The Kier molecular flexibility index (Phi) is 7.39. The maximum absolute atomic E-state index is 11.5. The second-order valence-corrected chi connectivity index (χ2v) is 5.02. The van der Waals surface area contributed by atoms with Crippen LogP contribution in [-0.4, -0.2) is 33.4 Å². The first-order valence-corrected chi connectivity index (χ1v) is 6.72. The number of terminal acetylenes is 1. The number of hydrogen-bond acceptors (Lipinski definition) is 3. The van der Waals surface area contributed by atoms with Crippen molar-refractivity contribution in [3.8, 4) is 12.3 Å². The summed E-state index contributed by atoms with van der Waals surface area (Å²) in [6.07, 6.45) is 6.25. The zero-order chi connectivity index (χ0) is 11.7.